The lowest BCUT2D eigenvalue weighted by atomic mass is 10.1. The number of benzene rings is 3. The van der Waals surface area contributed by atoms with Gasteiger partial charge in [-0.15, -0.1) is 0 Å². The second kappa shape index (κ2) is 12.4. The molecule has 5 aromatic rings. The Labute approximate surface area is 268 Å². The monoisotopic (exact) mass is 638 g/mol. The molecule has 0 saturated carbocycles. The highest BCUT2D eigenvalue weighted by molar-refractivity contribution is 6.05. The van der Waals surface area contributed by atoms with Gasteiger partial charge >= 0.3 is 12.2 Å². The van der Waals surface area contributed by atoms with Crippen molar-refractivity contribution >= 4 is 29.0 Å². The largest absolute Gasteiger partial charge is 0.439 e. The van der Waals surface area contributed by atoms with E-state index in [9.17, 15) is 22.8 Å². The predicted molar refractivity (Wildman–Crippen MR) is 171 cm³/mol. The Morgan fingerprint density at radius 2 is 1.74 bits per heavy atom. The number of urea groups is 1. The van der Waals surface area contributed by atoms with Crippen molar-refractivity contribution in [3.8, 4) is 22.6 Å². The lowest BCUT2D eigenvalue weighted by molar-refractivity contribution is -0.137. The van der Waals surface area contributed by atoms with Crippen LogP contribution in [0.2, 0.25) is 0 Å². The molecule has 1 atom stereocenters. The van der Waals surface area contributed by atoms with Crippen LogP contribution in [-0.4, -0.2) is 47.5 Å². The number of carbonyl (C=O) groups excluding carboxylic acids is 2. The first kappa shape index (κ1) is 30.2. The minimum absolute atomic E-state index is 0.0375. The number of ketones is 1. The van der Waals surface area contributed by atoms with Gasteiger partial charge in [-0.05, 0) is 42.8 Å². The van der Waals surface area contributed by atoms with E-state index in [-0.39, 0.29) is 24.9 Å². The van der Waals surface area contributed by atoms with E-state index in [4.69, 9.17) is 9.40 Å². The van der Waals surface area contributed by atoms with Crippen LogP contribution >= 0.6 is 0 Å². The van der Waals surface area contributed by atoms with Gasteiger partial charge in [0.25, 0.3) is 0 Å². The Hall–Kier alpha value is -5.49. The summed E-state index contributed by atoms with van der Waals surface area (Å²) in [7, 11) is 0. The summed E-state index contributed by atoms with van der Waals surface area (Å²) in [5.74, 6) is 1.27. The molecule has 238 valence electrons. The molecule has 47 heavy (non-hydrogen) atoms. The molecule has 2 aliphatic heterocycles. The quantitative estimate of drug-likeness (QED) is 0.176. The van der Waals surface area contributed by atoms with Crippen LogP contribution in [0, 0.1) is 0 Å². The van der Waals surface area contributed by atoms with Crippen molar-refractivity contribution in [2.75, 3.05) is 34.8 Å². The van der Waals surface area contributed by atoms with Gasteiger partial charge in [-0.25, -0.2) is 14.8 Å². The molecular formula is C35H29F3N6O3. The lowest BCUT2D eigenvalue weighted by Gasteiger charge is -2.36. The van der Waals surface area contributed by atoms with Crippen molar-refractivity contribution in [3.05, 3.63) is 114 Å². The van der Waals surface area contributed by atoms with Crippen LogP contribution in [0.4, 0.5) is 35.2 Å². The molecule has 1 saturated heterocycles. The van der Waals surface area contributed by atoms with Gasteiger partial charge in [-0.1, -0.05) is 54.6 Å². The van der Waals surface area contributed by atoms with Gasteiger partial charge in [0, 0.05) is 35.5 Å². The molecule has 2 amide bonds. The van der Waals surface area contributed by atoms with Gasteiger partial charge < -0.3 is 20.0 Å². The summed E-state index contributed by atoms with van der Waals surface area (Å²) in [6.07, 6.45) is -2.17. The molecule has 9 nitrogen and oxygen atoms in total. The molecule has 7 rings (SSSR count). The van der Waals surface area contributed by atoms with Crippen molar-refractivity contribution in [1.82, 2.24) is 15.3 Å². The fourth-order valence-electron chi connectivity index (χ4n) is 5.96. The maximum atomic E-state index is 13.8. The first-order valence-electron chi connectivity index (χ1n) is 15.1. The van der Waals surface area contributed by atoms with E-state index in [2.05, 4.69) is 20.5 Å². The number of nitrogens with one attached hydrogen (secondary N) is 2. The third kappa shape index (κ3) is 6.32. The smallest absolute Gasteiger partial charge is 0.416 e. The number of carbonyl (C=O) groups is 2. The number of aromatic nitrogens is 2. The minimum atomic E-state index is -4.48. The molecule has 1 fully saturated rings. The molecular weight excluding hydrogens is 609 g/mol. The molecule has 12 heteroatoms. The number of fused-ring (bicyclic) bond motifs is 4. The fraction of sp³-hybridized carbons (Fsp3) is 0.200. The number of halogens is 3. The highest BCUT2D eigenvalue weighted by Crippen LogP contribution is 2.41. The predicted octanol–water partition coefficient (Wildman–Crippen LogP) is 7.03. The minimum Gasteiger partial charge on any atom is -0.439 e. The third-order valence-corrected chi connectivity index (χ3v) is 8.27. The van der Waals surface area contributed by atoms with Crippen LogP contribution < -0.4 is 20.4 Å². The Kier molecular flexibility index (Phi) is 7.94. The second-order valence-electron chi connectivity index (χ2n) is 11.4. The van der Waals surface area contributed by atoms with Gasteiger partial charge in [0.1, 0.15) is 0 Å². The third-order valence-electron chi connectivity index (χ3n) is 8.27. The molecule has 2 N–H and O–H groups in total. The average molecular weight is 639 g/mol. The SMILES string of the molecule is O=C(CNCc1ncc(-c2cccc(NC(=O)N3c4nc(-c5cccc(C(F)(F)F)c5)ccc4N4CC[C@H]3C4)c2)o1)c1ccccc1. The molecule has 2 bridgehead atoms. The molecule has 0 unspecified atom stereocenters. The standard InChI is InChI=1S/C35H29F3N6O3/c36-35(37,38)25-10-4-8-23(16-25)28-12-13-29-33(42-28)44(27-14-15-43(29)21-27)34(46)41-26-11-5-9-24(17-26)31-19-40-32(47-31)20-39-18-30(45)22-6-2-1-3-7-22/h1-13,16-17,19,27,39H,14-15,18,20-21H2,(H,41,46)/t27-/m0/s1. The number of Topliss-reactive ketones (excluding diaryl/α,β-unsaturated/α-hetero) is 1. The molecule has 4 heterocycles. The zero-order valence-electron chi connectivity index (χ0n) is 25.0. The molecule has 0 spiro atoms. The Bertz CT molecular complexity index is 1940. The summed E-state index contributed by atoms with van der Waals surface area (Å²) in [6.45, 7) is 1.77. The number of rotatable bonds is 8. The van der Waals surface area contributed by atoms with Crippen LogP contribution in [-0.2, 0) is 12.7 Å². The molecule has 0 radical (unpaired) electrons. The van der Waals surface area contributed by atoms with Gasteiger partial charge in [0.05, 0.1) is 42.3 Å². The van der Waals surface area contributed by atoms with Gasteiger partial charge in [-0.2, -0.15) is 13.2 Å². The number of hydrogen-bond acceptors (Lipinski definition) is 7. The van der Waals surface area contributed by atoms with E-state index in [1.807, 2.05) is 30.3 Å². The van der Waals surface area contributed by atoms with Crippen LogP contribution in [0.3, 0.4) is 0 Å². The highest BCUT2D eigenvalue weighted by atomic mass is 19.4. The van der Waals surface area contributed by atoms with Crippen molar-refractivity contribution in [3.63, 3.8) is 0 Å². The summed E-state index contributed by atoms with van der Waals surface area (Å²) < 4.78 is 46.1. The maximum Gasteiger partial charge on any atom is 0.416 e. The first-order valence-corrected chi connectivity index (χ1v) is 15.1. The molecule has 2 aliphatic rings. The summed E-state index contributed by atoms with van der Waals surface area (Å²) in [5, 5.41) is 6.03. The van der Waals surface area contributed by atoms with E-state index in [1.54, 1.807) is 53.6 Å². The molecule has 0 aliphatic carbocycles. The van der Waals surface area contributed by atoms with E-state index in [1.165, 1.54) is 6.07 Å². The number of nitrogens with zero attached hydrogens (tertiary/aromatic N) is 4. The Balaban J connectivity index is 1.07. The number of pyridine rings is 1. The normalized spacial score (nSPS) is 15.4. The van der Waals surface area contributed by atoms with Crippen LogP contribution in [0.1, 0.15) is 28.2 Å². The molecule has 2 aromatic heterocycles. The van der Waals surface area contributed by atoms with E-state index in [0.717, 1.165) is 30.8 Å². The maximum absolute atomic E-state index is 13.8. The van der Waals surface area contributed by atoms with E-state index in [0.29, 0.717) is 52.1 Å². The van der Waals surface area contributed by atoms with E-state index >= 15 is 0 Å². The van der Waals surface area contributed by atoms with Crippen LogP contribution in [0.5, 0.6) is 0 Å². The summed E-state index contributed by atoms with van der Waals surface area (Å²) in [5.41, 5.74) is 2.49. The Morgan fingerprint density at radius 3 is 2.57 bits per heavy atom. The highest BCUT2D eigenvalue weighted by Gasteiger charge is 2.40. The van der Waals surface area contributed by atoms with Gasteiger partial charge in [-0.3, -0.25) is 9.69 Å². The lowest BCUT2D eigenvalue weighted by Crippen LogP contribution is -2.48. The average Bonchev–Trinajstić information content (AvgIpc) is 3.73. The van der Waals surface area contributed by atoms with Crippen LogP contribution in [0.25, 0.3) is 22.6 Å². The second-order valence-corrected chi connectivity index (χ2v) is 11.4. The number of amides is 2. The van der Waals surface area contributed by atoms with Crippen molar-refractivity contribution in [2.24, 2.45) is 0 Å². The van der Waals surface area contributed by atoms with E-state index < -0.39 is 17.8 Å². The van der Waals surface area contributed by atoms with Gasteiger partial charge in [0.15, 0.2) is 17.4 Å². The number of hydrogen-bond donors (Lipinski definition) is 2. The Morgan fingerprint density at radius 1 is 0.936 bits per heavy atom. The fourth-order valence-corrected chi connectivity index (χ4v) is 5.96. The molecule has 3 aromatic carbocycles. The summed E-state index contributed by atoms with van der Waals surface area (Å²) >= 11 is 0. The number of anilines is 3. The van der Waals surface area contributed by atoms with Crippen molar-refractivity contribution < 1.29 is 27.2 Å². The number of oxazole rings is 1. The van der Waals surface area contributed by atoms with Gasteiger partial charge in [0.2, 0.25) is 5.89 Å². The summed E-state index contributed by atoms with van der Waals surface area (Å²) in [6, 6.07) is 24.1. The number of alkyl halides is 3. The zero-order valence-corrected chi connectivity index (χ0v) is 25.0. The first-order chi connectivity index (χ1) is 22.7. The topological polar surface area (TPSA) is 104 Å². The zero-order chi connectivity index (χ0) is 32.5. The van der Waals surface area contributed by atoms with Crippen LogP contribution in [0.15, 0.2) is 102 Å². The van der Waals surface area contributed by atoms with Crippen molar-refractivity contribution in [2.45, 2.75) is 25.2 Å². The van der Waals surface area contributed by atoms with Crippen molar-refractivity contribution in [1.29, 1.82) is 0 Å². The summed E-state index contributed by atoms with van der Waals surface area (Å²) in [4.78, 5) is 38.9.